The Balaban J connectivity index is 2.21. The molecule has 0 aliphatic carbocycles. The number of methoxy groups -OCH3 is 1. The molecule has 4 heteroatoms. The third-order valence-corrected chi connectivity index (χ3v) is 4.01. The molecule has 1 aromatic heterocycles. The summed E-state index contributed by atoms with van der Waals surface area (Å²) in [6.45, 7) is 0. The van der Waals surface area contributed by atoms with Gasteiger partial charge in [0.25, 0.3) is 0 Å². The van der Waals surface area contributed by atoms with Gasteiger partial charge in [-0.25, -0.2) is 0 Å². The predicted molar refractivity (Wildman–Crippen MR) is 80.3 cm³/mol. The predicted octanol–water partition coefficient (Wildman–Crippen LogP) is 4.53. The normalized spacial score (nSPS) is 12.2. The topological polar surface area (TPSA) is 22.1 Å². The van der Waals surface area contributed by atoms with Gasteiger partial charge < -0.3 is 4.74 Å². The van der Waals surface area contributed by atoms with Crippen LogP contribution in [0, 0.1) is 0 Å². The average molecular weight is 371 g/mol. The minimum absolute atomic E-state index is 0.225. The van der Waals surface area contributed by atoms with Gasteiger partial charge in [-0.05, 0) is 36.2 Å². The molecule has 0 radical (unpaired) electrons. The molecule has 0 fully saturated rings. The third kappa shape index (κ3) is 3.33. The fraction of sp³-hybridized carbons (Fsp3) is 0.214. The Morgan fingerprint density at radius 3 is 2.61 bits per heavy atom. The van der Waals surface area contributed by atoms with Crippen LogP contribution in [0.5, 0.6) is 5.75 Å². The van der Waals surface area contributed by atoms with Crippen molar-refractivity contribution in [1.82, 2.24) is 4.98 Å². The first kappa shape index (κ1) is 13.6. The Morgan fingerprint density at radius 1 is 1.22 bits per heavy atom. The third-order valence-electron chi connectivity index (χ3n) is 2.70. The molecule has 1 heterocycles. The van der Waals surface area contributed by atoms with Gasteiger partial charge in [0.05, 0.1) is 7.11 Å². The standard InChI is InChI=1S/C14H13Br2NO/c1-18-14-9-11(15)2-3-12(14)13(16)8-10-4-6-17-7-5-10/h2-7,9,13H,8H2,1H3. The van der Waals surface area contributed by atoms with Gasteiger partial charge in [-0.1, -0.05) is 37.9 Å². The lowest BCUT2D eigenvalue weighted by atomic mass is 10.0. The van der Waals surface area contributed by atoms with Crippen molar-refractivity contribution in [1.29, 1.82) is 0 Å². The second-order valence-corrected chi connectivity index (χ2v) is 5.93. The Kier molecular flexibility index (Phi) is 4.78. The summed E-state index contributed by atoms with van der Waals surface area (Å²) in [4.78, 5) is 4.25. The highest BCUT2D eigenvalue weighted by Crippen LogP contribution is 2.35. The molecule has 1 aromatic carbocycles. The fourth-order valence-corrected chi connectivity index (χ4v) is 2.87. The average Bonchev–Trinajstić information content (AvgIpc) is 2.39. The van der Waals surface area contributed by atoms with Crippen molar-refractivity contribution in [2.24, 2.45) is 0 Å². The molecule has 0 bridgehead atoms. The van der Waals surface area contributed by atoms with Gasteiger partial charge in [-0.3, -0.25) is 4.98 Å². The molecular weight excluding hydrogens is 358 g/mol. The van der Waals surface area contributed by atoms with E-state index in [0.29, 0.717) is 0 Å². The van der Waals surface area contributed by atoms with E-state index in [1.165, 1.54) is 5.56 Å². The molecule has 1 atom stereocenters. The molecule has 0 saturated carbocycles. The molecular formula is C14H13Br2NO. The number of nitrogens with zero attached hydrogens (tertiary/aromatic N) is 1. The molecule has 0 aliphatic rings. The Bertz CT molecular complexity index is 516. The molecule has 0 amide bonds. The van der Waals surface area contributed by atoms with E-state index in [0.717, 1.165) is 22.2 Å². The van der Waals surface area contributed by atoms with Crippen LogP contribution in [0.4, 0.5) is 0 Å². The highest BCUT2D eigenvalue weighted by atomic mass is 79.9. The zero-order chi connectivity index (χ0) is 13.0. The van der Waals surface area contributed by atoms with Crippen molar-refractivity contribution in [3.05, 3.63) is 58.3 Å². The van der Waals surface area contributed by atoms with Crippen LogP contribution < -0.4 is 4.74 Å². The van der Waals surface area contributed by atoms with Gasteiger partial charge in [0.2, 0.25) is 0 Å². The van der Waals surface area contributed by atoms with Crippen LogP contribution in [0.15, 0.2) is 47.2 Å². The number of aromatic nitrogens is 1. The van der Waals surface area contributed by atoms with E-state index in [2.05, 4.69) is 42.9 Å². The molecule has 0 N–H and O–H groups in total. The largest absolute Gasteiger partial charge is 0.496 e. The number of ether oxygens (including phenoxy) is 1. The Labute approximate surface area is 124 Å². The first-order valence-corrected chi connectivity index (χ1v) is 7.28. The second-order valence-electron chi connectivity index (χ2n) is 3.91. The summed E-state index contributed by atoms with van der Waals surface area (Å²) in [5.41, 5.74) is 2.40. The fourth-order valence-electron chi connectivity index (χ4n) is 1.78. The summed E-state index contributed by atoms with van der Waals surface area (Å²) in [6.07, 6.45) is 4.53. The van der Waals surface area contributed by atoms with E-state index < -0.39 is 0 Å². The lowest BCUT2D eigenvalue weighted by molar-refractivity contribution is 0.409. The summed E-state index contributed by atoms with van der Waals surface area (Å²) < 4.78 is 6.43. The number of benzene rings is 1. The Hall–Kier alpha value is -0.870. The molecule has 94 valence electrons. The van der Waals surface area contributed by atoms with Crippen LogP contribution >= 0.6 is 31.9 Å². The summed E-state index contributed by atoms with van der Waals surface area (Å²) >= 11 is 7.17. The molecule has 2 aromatic rings. The van der Waals surface area contributed by atoms with E-state index in [-0.39, 0.29) is 4.83 Å². The van der Waals surface area contributed by atoms with Crippen LogP contribution in [-0.4, -0.2) is 12.1 Å². The summed E-state index contributed by atoms with van der Waals surface area (Å²) in [5.74, 6) is 0.889. The first-order chi connectivity index (χ1) is 8.70. The minimum Gasteiger partial charge on any atom is -0.496 e. The molecule has 18 heavy (non-hydrogen) atoms. The second kappa shape index (κ2) is 6.34. The molecule has 0 spiro atoms. The van der Waals surface area contributed by atoms with E-state index in [1.807, 2.05) is 36.7 Å². The number of halogens is 2. The minimum atomic E-state index is 0.225. The quantitative estimate of drug-likeness (QED) is 0.737. The summed E-state index contributed by atoms with van der Waals surface area (Å²) in [7, 11) is 1.69. The molecule has 2 rings (SSSR count). The van der Waals surface area contributed by atoms with Crippen LogP contribution in [0.25, 0.3) is 0 Å². The molecule has 0 saturated heterocycles. The van der Waals surface area contributed by atoms with Gasteiger partial charge in [0.15, 0.2) is 0 Å². The number of rotatable bonds is 4. The van der Waals surface area contributed by atoms with E-state index >= 15 is 0 Å². The van der Waals surface area contributed by atoms with Crippen molar-refractivity contribution >= 4 is 31.9 Å². The number of alkyl halides is 1. The van der Waals surface area contributed by atoms with Crippen molar-refractivity contribution in [2.45, 2.75) is 11.2 Å². The molecule has 0 aliphatic heterocycles. The Morgan fingerprint density at radius 2 is 1.94 bits per heavy atom. The van der Waals surface area contributed by atoms with Crippen molar-refractivity contribution in [3.8, 4) is 5.75 Å². The van der Waals surface area contributed by atoms with Gasteiger partial charge >= 0.3 is 0 Å². The highest BCUT2D eigenvalue weighted by Gasteiger charge is 2.14. The summed E-state index contributed by atoms with van der Waals surface area (Å²) in [5, 5.41) is 0. The molecule has 1 unspecified atom stereocenters. The summed E-state index contributed by atoms with van der Waals surface area (Å²) in [6, 6.07) is 10.1. The van der Waals surface area contributed by atoms with Gasteiger partial charge in [-0.15, -0.1) is 0 Å². The maximum Gasteiger partial charge on any atom is 0.124 e. The first-order valence-electron chi connectivity index (χ1n) is 5.57. The van der Waals surface area contributed by atoms with Gasteiger partial charge in [0, 0.05) is 27.3 Å². The number of pyridine rings is 1. The lowest BCUT2D eigenvalue weighted by Crippen LogP contribution is -1.99. The number of hydrogen-bond donors (Lipinski definition) is 0. The van der Waals surface area contributed by atoms with Crippen LogP contribution in [0.2, 0.25) is 0 Å². The van der Waals surface area contributed by atoms with E-state index in [1.54, 1.807) is 7.11 Å². The zero-order valence-corrected chi connectivity index (χ0v) is 13.1. The van der Waals surface area contributed by atoms with E-state index in [4.69, 9.17) is 4.74 Å². The lowest BCUT2D eigenvalue weighted by Gasteiger charge is -2.14. The van der Waals surface area contributed by atoms with Crippen molar-refractivity contribution in [3.63, 3.8) is 0 Å². The molecule has 2 nitrogen and oxygen atoms in total. The van der Waals surface area contributed by atoms with Crippen LogP contribution in [0.3, 0.4) is 0 Å². The van der Waals surface area contributed by atoms with Crippen LogP contribution in [0.1, 0.15) is 16.0 Å². The zero-order valence-electron chi connectivity index (χ0n) is 9.94. The monoisotopic (exact) mass is 369 g/mol. The van der Waals surface area contributed by atoms with Crippen molar-refractivity contribution < 1.29 is 4.74 Å². The van der Waals surface area contributed by atoms with Crippen molar-refractivity contribution in [2.75, 3.05) is 7.11 Å². The van der Waals surface area contributed by atoms with E-state index in [9.17, 15) is 0 Å². The highest BCUT2D eigenvalue weighted by molar-refractivity contribution is 9.10. The van der Waals surface area contributed by atoms with Crippen LogP contribution in [-0.2, 0) is 6.42 Å². The smallest absolute Gasteiger partial charge is 0.124 e. The maximum atomic E-state index is 5.41. The SMILES string of the molecule is COc1cc(Br)ccc1C(Br)Cc1ccncc1. The van der Waals surface area contributed by atoms with Gasteiger partial charge in [-0.2, -0.15) is 0 Å². The van der Waals surface area contributed by atoms with Gasteiger partial charge in [0.1, 0.15) is 5.75 Å². The number of hydrogen-bond acceptors (Lipinski definition) is 2. The maximum absolute atomic E-state index is 5.41.